The van der Waals surface area contributed by atoms with Gasteiger partial charge in [-0.05, 0) is 17.7 Å². The summed E-state index contributed by atoms with van der Waals surface area (Å²) in [6, 6.07) is 2.14. The first-order valence-electron chi connectivity index (χ1n) is 9.56. The summed E-state index contributed by atoms with van der Waals surface area (Å²) in [5.41, 5.74) is 5.76. The summed E-state index contributed by atoms with van der Waals surface area (Å²) < 4.78 is 5.06. The van der Waals surface area contributed by atoms with E-state index in [9.17, 15) is 24.3 Å². The lowest BCUT2D eigenvalue weighted by atomic mass is 10.0. The number of thioether (sulfide) groups is 2. The number of anilines is 1. The molecule has 2 atom stereocenters. The number of nitrogen functional groups attached to an aromatic ring is 1. The molecule has 4 heterocycles. The molecular formula is C19H17N5O7S3. The standard InChI is InChI=1S/C19H17N5O7S3/c1-30-23-11(10-5-21-19(20)34-10)14(25)22-12-15(26)24-13(17(27)28)8(6-32-16(12)24)7-33-18(29)9-3-2-4-31-9/h2-5,12,16H,6-7H2,1H3,(H2,20,21)(H,22,25)(H,27,28)/b23-11+. The Morgan fingerprint density at radius 3 is 2.88 bits per heavy atom. The van der Waals surface area contributed by atoms with Gasteiger partial charge in [0, 0.05) is 17.7 Å². The topological polar surface area (TPSA) is 177 Å². The van der Waals surface area contributed by atoms with Gasteiger partial charge in [0.25, 0.3) is 16.9 Å². The number of oxime groups is 1. The molecule has 2 amide bonds. The maximum atomic E-state index is 12.8. The quantitative estimate of drug-likeness (QED) is 0.255. The van der Waals surface area contributed by atoms with Crippen molar-refractivity contribution in [2.24, 2.45) is 5.16 Å². The average molecular weight is 524 g/mol. The Morgan fingerprint density at radius 2 is 2.26 bits per heavy atom. The monoisotopic (exact) mass is 523 g/mol. The number of nitrogens with one attached hydrogen (secondary N) is 1. The third kappa shape index (κ3) is 4.53. The number of carboxylic acids is 1. The van der Waals surface area contributed by atoms with Crippen LogP contribution in [-0.2, 0) is 19.2 Å². The van der Waals surface area contributed by atoms with Crippen LogP contribution in [-0.4, -0.2) is 73.6 Å². The number of thiazole rings is 1. The van der Waals surface area contributed by atoms with Crippen molar-refractivity contribution >= 4 is 68.6 Å². The van der Waals surface area contributed by atoms with Gasteiger partial charge in [-0.2, -0.15) is 0 Å². The van der Waals surface area contributed by atoms with Crippen molar-refractivity contribution in [2.45, 2.75) is 11.4 Å². The van der Waals surface area contributed by atoms with Crippen LogP contribution in [0.2, 0.25) is 0 Å². The summed E-state index contributed by atoms with van der Waals surface area (Å²) in [7, 11) is 1.27. The molecule has 34 heavy (non-hydrogen) atoms. The van der Waals surface area contributed by atoms with E-state index in [2.05, 4.69) is 15.5 Å². The lowest BCUT2D eigenvalue weighted by Gasteiger charge is -2.49. The summed E-state index contributed by atoms with van der Waals surface area (Å²) in [5, 5.41) is 15.3. The fourth-order valence-electron chi connectivity index (χ4n) is 3.31. The fourth-order valence-corrected chi connectivity index (χ4v) is 6.25. The zero-order valence-corrected chi connectivity index (χ0v) is 19.9. The van der Waals surface area contributed by atoms with E-state index in [4.69, 9.17) is 15.0 Å². The number of rotatable bonds is 8. The number of carbonyl (C=O) groups excluding carboxylic acids is 3. The van der Waals surface area contributed by atoms with E-state index in [1.165, 1.54) is 37.4 Å². The summed E-state index contributed by atoms with van der Waals surface area (Å²) in [6.07, 6.45) is 2.73. The molecule has 0 saturated carbocycles. The molecule has 2 unspecified atom stereocenters. The third-order valence-corrected chi connectivity index (χ3v) is 7.92. The Bertz CT molecular complexity index is 1210. The van der Waals surface area contributed by atoms with Gasteiger partial charge >= 0.3 is 5.97 Å². The third-order valence-electron chi connectivity index (χ3n) is 4.79. The zero-order valence-electron chi connectivity index (χ0n) is 17.4. The van der Waals surface area contributed by atoms with Crippen molar-refractivity contribution in [3.63, 3.8) is 0 Å². The van der Waals surface area contributed by atoms with Crippen molar-refractivity contribution < 1.29 is 33.5 Å². The van der Waals surface area contributed by atoms with E-state index in [0.717, 1.165) is 28.0 Å². The van der Waals surface area contributed by atoms with E-state index >= 15 is 0 Å². The van der Waals surface area contributed by atoms with Crippen molar-refractivity contribution in [3.05, 3.63) is 46.5 Å². The molecule has 15 heteroatoms. The number of amides is 2. The molecule has 1 saturated heterocycles. The molecule has 0 bridgehead atoms. The predicted molar refractivity (Wildman–Crippen MR) is 125 cm³/mol. The first-order valence-corrected chi connectivity index (χ1v) is 12.4. The highest BCUT2D eigenvalue weighted by Gasteiger charge is 2.54. The van der Waals surface area contributed by atoms with Crippen molar-refractivity contribution in [3.8, 4) is 0 Å². The van der Waals surface area contributed by atoms with E-state index in [1.54, 1.807) is 6.07 Å². The fraction of sp³-hybridized carbons (Fsp3) is 0.263. The summed E-state index contributed by atoms with van der Waals surface area (Å²) in [4.78, 5) is 59.9. The van der Waals surface area contributed by atoms with E-state index < -0.39 is 29.2 Å². The van der Waals surface area contributed by atoms with Crippen LogP contribution in [0.5, 0.6) is 0 Å². The molecule has 2 aliphatic rings. The van der Waals surface area contributed by atoms with Gasteiger partial charge in [-0.3, -0.25) is 19.3 Å². The first kappa shape index (κ1) is 23.8. The number of aromatic nitrogens is 1. The number of carbonyl (C=O) groups is 4. The van der Waals surface area contributed by atoms with Crippen LogP contribution in [0, 0.1) is 0 Å². The second-order valence-corrected chi connectivity index (χ2v) is 9.97. The molecule has 0 aromatic carbocycles. The molecule has 0 spiro atoms. The normalized spacial score (nSPS) is 20.0. The van der Waals surface area contributed by atoms with Crippen LogP contribution >= 0.6 is 34.9 Å². The van der Waals surface area contributed by atoms with Gasteiger partial charge < -0.3 is 25.4 Å². The lowest BCUT2D eigenvalue weighted by molar-refractivity contribution is -0.150. The molecular weight excluding hydrogens is 506 g/mol. The van der Waals surface area contributed by atoms with Gasteiger partial charge in [-0.1, -0.05) is 28.3 Å². The minimum Gasteiger partial charge on any atom is -0.477 e. The maximum absolute atomic E-state index is 12.8. The molecule has 1 fully saturated rings. The van der Waals surface area contributed by atoms with Crippen LogP contribution < -0.4 is 11.1 Å². The van der Waals surface area contributed by atoms with E-state index in [1.807, 2.05) is 0 Å². The van der Waals surface area contributed by atoms with Crippen LogP contribution in [0.25, 0.3) is 0 Å². The second-order valence-electron chi connectivity index (χ2n) is 6.86. The number of hydrogen-bond donors (Lipinski definition) is 3. The second kappa shape index (κ2) is 9.90. The number of nitrogens with two attached hydrogens (primary N) is 1. The molecule has 178 valence electrons. The molecule has 2 aromatic heterocycles. The molecule has 12 nitrogen and oxygen atoms in total. The van der Waals surface area contributed by atoms with E-state index in [0.29, 0.717) is 10.5 Å². The number of β-lactam (4-membered cyclic amide) rings is 1. The summed E-state index contributed by atoms with van der Waals surface area (Å²) >= 11 is 3.21. The highest BCUT2D eigenvalue weighted by atomic mass is 32.2. The van der Waals surface area contributed by atoms with Gasteiger partial charge in [-0.25, -0.2) is 9.78 Å². The Morgan fingerprint density at radius 1 is 1.47 bits per heavy atom. The summed E-state index contributed by atoms with van der Waals surface area (Å²) in [5.74, 6) is -2.04. The van der Waals surface area contributed by atoms with Crippen molar-refractivity contribution in [1.29, 1.82) is 0 Å². The minimum absolute atomic E-state index is 0.0825. The number of fused-ring (bicyclic) bond motifs is 1. The van der Waals surface area contributed by atoms with Gasteiger partial charge in [-0.15, -0.1) is 11.8 Å². The van der Waals surface area contributed by atoms with Gasteiger partial charge in [0.2, 0.25) is 0 Å². The molecule has 2 aliphatic heterocycles. The Labute approximate surface area is 204 Å². The smallest absolute Gasteiger partial charge is 0.352 e. The molecule has 4 rings (SSSR count). The van der Waals surface area contributed by atoms with E-state index in [-0.39, 0.29) is 38.9 Å². The number of nitrogens with zero attached hydrogens (tertiary/aromatic N) is 3. The van der Waals surface area contributed by atoms with Crippen LogP contribution in [0.3, 0.4) is 0 Å². The highest BCUT2D eigenvalue weighted by molar-refractivity contribution is 8.14. The van der Waals surface area contributed by atoms with Gasteiger partial charge in [0.05, 0.1) is 11.1 Å². The van der Waals surface area contributed by atoms with Crippen molar-refractivity contribution in [2.75, 3.05) is 24.3 Å². The molecule has 4 N–H and O–H groups in total. The highest BCUT2D eigenvalue weighted by Crippen LogP contribution is 2.41. The number of carboxylic acid groups (broad SMARTS) is 1. The molecule has 0 radical (unpaired) electrons. The van der Waals surface area contributed by atoms with Crippen LogP contribution in [0.4, 0.5) is 5.13 Å². The number of furan rings is 1. The SMILES string of the molecule is CO/N=C(/C(=O)NC1C(=O)N2C(C(=O)O)=C(CSC(=O)c3ccco3)CSC12)c1cnc(N)s1. The van der Waals surface area contributed by atoms with Crippen LogP contribution in [0.1, 0.15) is 15.4 Å². The van der Waals surface area contributed by atoms with Crippen LogP contribution in [0.15, 0.2) is 45.4 Å². The predicted octanol–water partition coefficient (Wildman–Crippen LogP) is 0.981. The Hall–Kier alpha value is -3.30. The van der Waals surface area contributed by atoms with Gasteiger partial charge in [0.15, 0.2) is 16.6 Å². The van der Waals surface area contributed by atoms with Crippen molar-refractivity contribution in [1.82, 2.24) is 15.2 Å². The number of hydrogen-bond acceptors (Lipinski definition) is 12. The lowest BCUT2D eigenvalue weighted by Crippen LogP contribution is -2.71. The zero-order chi connectivity index (χ0) is 24.4. The number of aliphatic carboxylic acids is 1. The maximum Gasteiger partial charge on any atom is 0.352 e. The largest absolute Gasteiger partial charge is 0.477 e. The molecule has 0 aliphatic carbocycles. The minimum atomic E-state index is -1.29. The average Bonchev–Trinajstić information content (AvgIpc) is 3.50. The summed E-state index contributed by atoms with van der Waals surface area (Å²) in [6.45, 7) is 0. The Kier molecular flexibility index (Phi) is 6.95. The Balaban J connectivity index is 1.47. The molecule has 2 aromatic rings. The first-order chi connectivity index (χ1) is 16.3. The van der Waals surface area contributed by atoms with Gasteiger partial charge in [0.1, 0.15) is 24.2 Å².